The maximum atomic E-state index is 12.1. The van der Waals surface area contributed by atoms with Gasteiger partial charge in [0.05, 0.1) is 17.9 Å². The molecule has 0 aromatic carbocycles. The second-order valence-corrected chi connectivity index (χ2v) is 5.96. The minimum atomic E-state index is -0.235. The van der Waals surface area contributed by atoms with Crippen LogP contribution in [-0.2, 0) is 13.0 Å². The molecule has 0 unspecified atom stereocenters. The van der Waals surface area contributed by atoms with Crippen LogP contribution in [0.5, 0.6) is 0 Å². The van der Waals surface area contributed by atoms with E-state index in [-0.39, 0.29) is 17.5 Å². The highest BCUT2D eigenvalue weighted by atomic mass is 32.1. The Bertz CT molecular complexity index is 600. The lowest BCUT2D eigenvalue weighted by Gasteiger charge is -2.05. The summed E-state index contributed by atoms with van der Waals surface area (Å²) in [5.41, 5.74) is 8.76. The smallest absolute Gasteiger partial charge is 0.274 e. The number of amides is 1. The number of aromatic nitrogens is 2. The van der Waals surface area contributed by atoms with Crippen molar-refractivity contribution in [3.8, 4) is 0 Å². The lowest BCUT2D eigenvalue weighted by atomic mass is 10.1. The molecule has 0 radical (unpaired) electrons. The second-order valence-electron chi connectivity index (χ2n) is 4.96. The molecule has 1 amide bonds. The molecule has 0 atom stereocenters. The molecule has 0 bridgehead atoms. The van der Waals surface area contributed by atoms with E-state index in [0.717, 1.165) is 12.1 Å². The van der Waals surface area contributed by atoms with Gasteiger partial charge in [-0.05, 0) is 29.3 Å². The molecule has 0 aliphatic carbocycles. The van der Waals surface area contributed by atoms with E-state index in [1.54, 1.807) is 11.3 Å². The number of anilines is 1. The summed E-state index contributed by atoms with van der Waals surface area (Å²) >= 11 is 1.65. The number of aromatic amines is 1. The third-order valence-corrected chi connectivity index (χ3v) is 4.22. The highest BCUT2D eigenvalue weighted by Crippen LogP contribution is 2.22. The highest BCUT2D eigenvalue weighted by Gasteiger charge is 2.18. The van der Waals surface area contributed by atoms with Gasteiger partial charge in [0.2, 0.25) is 0 Å². The van der Waals surface area contributed by atoms with Crippen LogP contribution in [0.15, 0.2) is 11.4 Å². The quantitative estimate of drug-likeness (QED) is 0.792. The molecule has 5 nitrogen and oxygen atoms in total. The number of hydrogen-bond acceptors (Lipinski definition) is 4. The van der Waals surface area contributed by atoms with Crippen molar-refractivity contribution in [3.05, 3.63) is 33.3 Å². The van der Waals surface area contributed by atoms with Crippen LogP contribution >= 0.6 is 11.3 Å². The second kappa shape index (κ2) is 6.09. The number of rotatable bonds is 5. The van der Waals surface area contributed by atoms with Crippen molar-refractivity contribution >= 4 is 22.9 Å². The fourth-order valence-electron chi connectivity index (χ4n) is 2.06. The molecule has 2 rings (SSSR count). The average molecular weight is 292 g/mol. The first kappa shape index (κ1) is 14.6. The van der Waals surface area contributed by atoms with Gasteiger partial charge in [0.15, 0.2) is 5.69 Å². The van der Waals surface area contributed by atoms with Gasteiger partial charge in [-0.1, -0.05) is 20.8 Å². The molecule has 0 aliphatic heterocycles. The number of nitrogens with two attached hydrogens (primary N) is 1. The molecule has 2 heterocycles. The fourth-order valence-corrected chi connectivity index (χ4v) is 2.97. The van der Waals surface area contributed by atoms with Gasteiger partial charge in [0.1, 0.15) is 0 Å². The molecular formula is C14H20N4OS. The van der Waals surface area contributed by atoms with Crippen molar-refractivity contribution in [3.63, 3.8) is 0 Å². The number of carbonyl (C=O) groups excluding carboxylic acids is 1. The van der Waals surface area contributed by atoms with Crippen LogP contribution in [0.2, 0.25) is 0 Å². The molecule has 0 fully saturated rings. The molecule has 6 heteroatoms. The normalized spacial score (nSPS) is 11.0. The molecule has 0 saturated carbocycles. The van der Waals surface area contributed by atoms with E-state index in [1.165, 1.54) is 10.4 Å². The summed E-state index contributed by atoms with van der Waals surface area (Å²) in [5, 5.41) is 11.8. The van der Waals surface area contributed by atoms with E-state index in [0.29, 0.717) is 12.2 Å². The zero-order valence-corrected chi connectivity index (χ0v) is 12.8. The van der Waals surface area contributed by atoms with Crippen LogP contribution < -0.4 is 11.1 Å². The summed E-state index contributed by atoms with van der Waals surface area (Å²) in [6.07, 6.45) is 0.969. The molecule has 108 valence electrons. The SMILES string of the molecule is CCc1ccsc1CNC(=O)c1n[nH]c(C(C)C)c1N. The maximum Gasteiger partial charge on any atom is 0.274 e. The fraction of sp³-hybridized carbons (Fsp3) is 0.429. The van der Waals surface area contributed by atoms with Crippen LogP contribution in [0, 0.1) is 0 Å². The lowest BCUT2D eigenvalue weighted by Crippen LogP contribution is -2.24. The van der Waals surface area contributed by atoms with E-state index in [1.807, 2.05) is 19.2 Å². The molecular weight excluding hydrogens is 272 g/mol. The Hall–Kier alpha value is -1.82. The topological polar surface area (TPSA) is 83.8 Å². The number of carbonyl (C=O) groups is 1. The van der Waals surface area contributed by atoms with Gasteiger partial charge >= 0.3 is 0 Å². The van der Waals surface area contributed by atoms with E-state index in [4.69, 9.17) is 5.73 Å². The predicted molar refractivity (Wildman–Crippen MR) is 82.0 cm³/mol. The summed E-state index contributed by atoms with van der Waals surface area (Å²) < 4.78 is 0. The van der Waals surface area contributed by atoms with Crippen molar-refractivity contribution in [2.75, 3.05) is 5.73 Å². The van der Waals surface area contributed by atoms with Crippen molar-refractivity contribution in [2.24, 2.45) is 0 Å². The third kappa shape index (κ3) is 2.85. The number of hydrogen-bond donors (Lipinski definition) is 3. The molecule has 0 aliphatic rings. The standard InChI is InChI=1S/C14H20N4OS/c1-4-9-5-6-20-10(9)7-16-14(19)13-11(15)12(8(2)3)17-18-13/h5-6,8H,4,7,15H2,1-3H3,(H,16,19)(H,17,18). The zero-order valence-electron chi connectivity index (χ0n) is 12.0. The first-order valence-electron chi connectivity index (χ1n) is 6.71. The summed E-state index contributed by atoms with van der Waals surface area (Å²) in [4.78, 5) is 13.3. The Labute approximate surface area is 122 Å². The van der Waals surface area contributed by atoms with E-state index >= 15 is 0 Å². The Morgan fingerprint density at radius 3 is 2.90 bits per heavy atom. The number of nitrogens with one attached hydrogen (secondary N) is 2. The average Bonchev–Trinajstić information content (AvgIpc) is 3.01. The van der Waals surface area contributed by atoms with Crippen molar-refractivity contribution in [2.45, 2.75) is 39.7 Å². The summed E-state index contributed by atoms with van der Waals surface area (Å²) in [6.45, 7) is 6.63. The van der Waals surface area contributed by atoms with Gasteiger partial charge in [0.25, 0.3) is 5.91 Å². The number of H-pyrrole nitrogens is 1. The van der Waals surface area contributed by atoms with Crippen LogP contribution in [0.1, 0.15) is 53.3 Å². The molecule has 0 saturated heterocycles. The summed E-state index contributed by atoms with van der Waals surface area (Å²) in [5.74, 6) is -0.0193. The number of nitrogen functional groups attached to an aromatic ring is 1. The van der Waals surface area contributed by atoms with Gasteiger partial charge in [-0.25, -0.2) is 0 Å². The Morgan fingerprint density at radius 1 is 1.55 bits per heavy atom. The highest BCUT2D eigenvalue weighted by molar-refractivity contribution is 7.10. The molecule has 20 heavy (non-hydrogen) atoms. The summed E-state index contributed by atoms with van der Waals surface area (Å²) in [6, 6.07) is 2.09. The van der Waals surface area contributed by atoms with Crippen LogP contribution in [0.25, 0.3) is 0 Å². The first-order chi connectivity index (χ1) is 9.54. The Balaban J connectivity index is 2.06. The maximum absolute atomic E-state index is 12.1. The molecule has 2 aromatic heterocycles. The van der Waals surface area contributed by atoms with Gasteiger partial charge in [-0.2, -0.15) is 5.10 Å². The van der Waals surface area contributed by atoms with Crippen molar-refractivity contribution in [1.29, 1.82) is 0 Å². The predicted octanol–water partition coefficient (Wildman–Crippen LogP) is 2.67. The van der Waals surface area contributed by atoms with Crippen LogP contribution in [-0.4, -0.2) is 16.1 Å². The Morgan fingerprint density at radius 2 is 2.30 bits per heavy atom. The Kier molecular flexibility index (Phi) is 4.44. The van der Waals surface area contributed by atoms with Crippen LogP contribution in [0.3, 0.4) is 0 Å². The van der Waals surface area contributed by atoms with E-state index < -0.39 is 0 Å². The minimum Gasteiger partial charge on any atom is -0.395 e. The number of nitrogens with zero attached hydrogens (tertiary/aromatic N) is 1. The first-order valence-corrected chi connectivity index (χ1v) is 7.59. The van der Waals surface area contributed by atoms with E-state index in [2.05, 4.69) is 28.5 Å². The molecule has 2 aromatic rings. The zero-order chi connectivity index (χ0) is 14.7. The number of aryl methyl sites for hydroxylation is 1. The van der Waals surface area contributed by atoms with Gasteiger partial charge in [-0.3, -0.25) is 9.89 Å². The van der Waals surface area contributed by atoms with Gasteiger partial charge < -0.3 is 11.1 Å². The van der Waals surface area contributed by atoms with Gasteiger partial charge in [0, 0.05) is 4.88 Å². The lowest BCUT2D eigenvalue weighted by molar-refractivity contribution is 0.0947. The molecule has 4 N–H and O–H groups in total. The third-order valence-electron chi connectivity index (χ3n) is 3.25. The minimum absolute atomic E-state index is 0.216. The largest absolute Gasteiger partial charge is 0.395 e. The molecule has 0 spiro atoms. The van der Waals surface area contributed by atoms with Crippen molar-refractivity contribution in [1.82, 2.24) is 15.5 Å². The number of thiophene rings is 1. The van der Waals surface area contributed by atoms with Gasteiger partial charge in [-0.15, -0.1) is 11.3 Å². The summed E-state index contributed by atoms with van der Waals surface area (Å²) in [7, 11) is 0. The van der Waals surface area contributed by atoms with Crippen molar-refractivity contribution < 1.29 is 4.79 Å². The van der Waals surface area contributed by atoms with Crippen LogP contribution in [0.4, 0.5) is 5.69 Å². The van der Waals surface area contributed by atoms with E-state index in [9.17, 15) is 4.79 Å². The monoisotopic (exact) mass is 292 g/mol.